The Labute approximate surface area is 244 Å². The molecule has 0 amide bonds. The summed E-state index contributed by atoms with van der Waals surface area (Å²) in [6.45, 7) is 6.01. The summed E-state index contributed by atoms with van der Waals surface area (Å²) in [7, 11) is 0. The Balaban J connectivity index is 0.986. The number of nitrogens with zero attached hydrogens (tertiary/aromatic N) is 2. The van der Waals surface area contributed by atoms with E-state index in [1.165, 1.54) is 66.4 Å². The average molecular weight is 546 g/mol. The summed E-state index contributed by atoms with van der Waals surface area (Å²) in [6.07, 6.45) is 10.1. The van der Waals surface area contributed by atoms with Crippen LogP contribution in [-0.2, 0) is 11.2 Å². The zero-order chi connectivity index (χ0) is 27.3. The fraction of sp³-hybridized carbons (Fsp3) is 0.459. The van der Waals surface area contributed by atoms with Crippen molar-refractivity contribution in [2.75, 3.05) is 19.6 Å². The van der Waals surface area contributed by atoms with E-state index in [2.05, 4.69) is 107 Å². The smallest absolute Gasteiger partial charge is 0.108 e. The number of aromatic amines is 1. The fourth-order valence-corrected chi connectivity index (χ4v) is 9.12. The standard InChI is InChI=1S/C37H43N3O/c1-2-39-23-25(18-33-32-14-9-15-34-36(32)28(22-38-34)19-35(33)39)24-40-29-16-17-30(40)21-31(20-29)41-37(26-10-5-3-6-11-26)27-12-7-4-8-13-27/h3-15,22,25,29-31,33,35,37-38H,2,16-21,23-24H2,1H3/t25-,29?,30?,31?,33+,35+/m0/s1. The summed E-state index contributed by atoms with van der Waals surface area (Å²) in [5.41, 5.74) is 6.97. The zero-order valence-electron chi connectivity index (χ0n) is 24.3. The molecule has 3 aliphatic heterocycles. The summed E-state index contributed by atoms with van der Waals surface area (Å²) < 4.78 is 7.01. The van der Waals surface area contributed by atoms with Gasteiger partial charge in [-0.1, -0.05) is 79.7 Å². The first kappa shape index (κ1) is 25.8. The van der Waals surface area contributed by atoms with E-state index in [1.54, 1.807) is 5.56 Å². The van der Waals surface area contributed by atoms with Crippen molar-refractivity contribution < 1.29 is 4.74 Å². The van der Waals surface area contributed by atoms with Crippen molar-refractivity contribution in [2.24, 2.45) is 5.92 Å². The van der Waals surface area contributed by atoms with Gasteiger partial charge in [-0.05, 0) is 79.3 Å². The van der Waals surface area contributed by atoms with Crippen LogP contribution in [0.5, 0.6) is 0 Å². The van der Waals surface area contributed by atoms with Gasteiger partial charge in [-0.15, -0.1) is 0 Å². The third-order valence-corrected chi connectivity index (χ3v) is 10.9. The number of likely N-dealkylation sites (N-methyl/N-ethyl adjacent to an activating group) is 1. The van der Waals surface area contributed by atoms with Crippen LogP contribution in [0, 0.1) is 5.92 Å². The molecule has 4 nitrogen and oxygen atoms in total. The van der Waals surface area contributed by atoms with Gasteiger partial charge in [0.05, 0.1) is 6.10 Å². The van der Waals surface area contributed by atoms with Crippen molar-refractivity contribution in [2.45, 2.75) is 81.7 Å². The lowest BCUT2D eigenvalue weighted by Crippen LogP contribution is -2.54. The van der Waals surface area contributed by atoms with Gasteiger partial charge in [0.2, 0.25) is 0 Å². The van der Waals surface area contributed by atoms with Gasteiger partial charge in [0.25, 0.3) is 0 Å². The highest BCUT2D eigenvalue weighted by Crippen LogP contribution is 2.46. The van der Waals surface area contributed by atoms with Gasteiger partial charge in [0.1, 0.15) is 6.10 Å². The third kappa shape index (κ3) is 4.65. The molecule has 0 radical (unpaired) electrons. The Morgan fingerprint density at radius 1 is 0.854 bits per heavy atom. The second kappa shape index (κ2) is 10.7. The maximum Gasteiger partial charge on any atom is 0.108 e. The molecule has 8 rings (SSSR count). The van der Waals surface area contributed by atoms with E-state index in [9.17, 15) is 0 Å². The number of hydrogen-bond acceptors (Lipinski definition) is 3. The van der Waals surface area contributed by atoms with Crippen LogP contribution in [0.1, 0.15) is 73.3 Å². The van der Waals surface area contributed by atoms with Crippen LogP contribution in [0.3, 0.4) is 0 Å². The number of H-pyrrole nitrogens is 1. The lowest BCUT2D eigenvalue weighted by atomic mass is 9.72. The Morgan fingerprint density at radius 2 is 1.56 bits per heavy atom. The molecule has 212 valence electrons. The summed E-state index contributed by atoms with van der Waals surface area (Å²) in [4.78, 5) is 9.29. The molecule has 0 spiro atoms. The molecule has 2 bridgehead atoms. The van der Waals surface area contributed by atoms with Crippen LogP contribution in [0.25, 0.3) is 10.9 Å². The third-order valence-electron chi connectivity index (χ3n) is 10.9. The van der Waals surface area contributed by atoms with Crippen molar-refractivity contribution >= 4 is 10.9 Å². The number of piperidine rings is 2. The van der Waals surface area contributed by atoms with Gasteiger partial charge in [0.15, 0.2) is 0 Å². The highest BCUT2D eigenvalue weighted by molar-refractivity contribution is 5.88. The summed E-state index contributed by atoms with van der Waals surface area (Å²) in [5, 5.41) is 1.52. The Morgan fingerprint density at radius 3 is 2.24 bits per heavy atom. The van der Waals surface area contributed by atoms with Crippen molar-refractivity contribution in [3.63, 3.8) is 0 Å². The van der Waals surface area contributed by atoms with E-state index in [0.29, 0.717) is 30.1 Å². The molecule has 4 heteroatoms. The topological polar surface area (TPSA) is 31.5 Å². The first-order chi connectivity index (χ1) is 20.2. The molecule has 3 saturated heterocycles. The molecule has 1 N–H and O–H groups in total. The molecular formula is C37H43N3O. The number of likely N-dealkylation sites (tertiary alicyclic amines) is 1. The lowest BCUT2D eigenvalue weighted by molar-refractivity contribution is -0.0546. The first-order valence-electron chi connectivity index (χ1n) is 16.1. The average Bonchev–Trinajstić information content (AvgIpc) is 3.53. The van der Waals surface area contributed by atoms with E-state index in [-0.39, 0.29) is 6.10 Å². The van der Waals surface area contributed by atoms with Crippen LogP contribution in [-0.4, -0.2) is 58.6 Å². The zero-order valence-corrected chi connectivity index (χ0v) is 24.3. The predicted molar refractivity (Wildman–Crippen MR) is 166 cm³/mol. The molecule has 4 aromatic rings. The minimum absolute atomic E-state index is 0.00840. The maximum absolute atomic E-state index is 7.01. The molecule has 41 heavy (non-hydrogen) atoms. The van der Waals surface area contributed by atoms with Crippen molar-refractivity contribution in [1.29, 1.82) is 0 Å². The van der Waals surface area contributed by atoms with Gasteiger partial charge >= 0.3 is 0 Å². The molecule has 3 fully saturated rings. The molecule has 4 aliphatic rings. The molecule has 2 unspecified atom stereocenters. The second-order valence-corrected chi connectivity index (χ2v) is 13.2. The van der Waals surface area contributed by atoms with Crippen LogP contribution in [0.4, 0.5) is 0 Å². The van der Waals surface area contributed by atoms with Crippen molar-refractivity contribution in [1.82, 2.24) is 14.8 Å². The first-order valence-corrected chi connectivity index (χ1v) is 16.1. The monoisotopic (exact) mass is 545 g/mol. The van der Waals surface area contributed by atoms with Gasteiger partial charge in [-0.25, -0.2) is 0 Å². The second-order valence-electron chi connectivity index (χ2n) is 13.2. The fourth-order valence-electron chi connectivity index (χ4n) is 9.12. The minimum atomic E-state index is 0.00840. The summed E-state index contributed by atoms with van der Waals surface area (Å²) in [5.74, 6) is 1.38. The van der Waals surface area contributed by atoms with Gasteiger partial charge in [0, 0.05) is 54.2 Å². The van der Waals surface area contributed by atoms with Gasteiger partial charge in [-0.3, -0.25) is 9.80 Å². The minimum Gasteiger partial charge on any atom is -0.365 e. The normalized spacial score (nSPS) is 29.7. The lowest BCUT2D eigenvalue weighted by Gasteiger charge is -2.49. The van der Waals surface area contributed by atoms with E-state index in [0.717, 1.165) is 25.3 Å². The number of rotatable bonds is 7. The number of ether oxygens (including phenoxy) is 1. The largest absolute Gasteiger partial charge is 0.365 e. The number of hydrogen-bond donors (Lipinski definition) is 1. The Hall–Kier alpha value is -2.92. The predicted octanol–water partition coefficient (Wildman–Crippen LogP) is 7.32. The highest BCUT2D eigenvalue weighted by atomic mass is 16.5. The molecule has 4 heterocycles. The number of benzene rings is 3. The molecule has 5 atom stereocenters. The molecular weight excluding hydrogens is 502 g/mol. The van der Waals surface area contributed by atoms with Crippen molar-refractivity contribution in [3.8, 4) is 0 Å². The summed E-state index contributed by atoms with van der Waals surface area (Å²) >= 11 is 0. The summed E-state index contributed by atoms with van der Waals surface area (Å²) in [6, 6.07) is 30.5. The van der Waals surface area contributed by atoms with Crippen molar-refractivity contribution in [3.05, 3.63) is 107 Å². The van der Waals surface area contributed by atoms with Gasteiger partial charge in [-0.2, -0.15) is 0 Å². The van der Waals surface area contributed by atoms with Crippen LogP contribution in [0.2, 0.25) is 0 Å². The molecule has 1 aliphatic carbocycles. The van der Waals surface area contributed by atoms with E-state index in [4.69, 9.17) is 4.74 Å². The number of aromatic nitrogens is 1. The Kier molecular flexibility index (Phi) is 6.74. The quantitative estimate of drug-likeness (QED) is 0.264. The van der Waals surface area contributed by atoms with Crippen LogP contribution in [0.15, 0.2) is 85.1 Å². The Bertz CT molecular complexity index is 1430. The highest BCUT2D eigenvalue weighted by Gasteiger charge is 2.45. The number of fused-ring (bicyclic) bond motifs is 4. The van der Waals surface area contributed by atoms with Gasteiger partial charge < -0.3 is 9.72 Å². The van der Waals surface area contributed by atoms with E-state index in [1.807, 2.05) is 0 Å². The maximum atomic E-state index is 7.01. The van der Waals surface area contributed by atoms with E-state index >= 15 is 0 Å². The van der Waals surface area contributed by atoms with E-state index < -0.39 is 0 Å². The SMILES string of the molecule is CCN1C[C@@H](CN2C3CCC2CC(OC(c2ccccc2)c2ccccc2)C3)C[C@@H]2c3cccc4[nH]cc(c34)C[C@H]21. The molecule has 0 saturated carbocycles. The molecule has 1 aromatic heterocycles. The van der Waals surface area contributed by atoms with Crippen LogP contribution >= 0.6 is 0 Å². The number of nitrogens with one attached hydrogen (secondary N) is 1. The van der Waals surface area contributed by atoms with Crippen LogP contribution < -0.4 is 0 Å². The molecule has 3 aromatic carbocycles.